The summed E-state index contributed by atoms with van der Waals surface area (Å²) in [5, 5.41) is 5.18. The van der Waals surface area contributed by atoms with E-state index in [-0.39, 0.29) is 25.0 Å². The minimum atomic E-state index is -1.27. The molecule has 1 aromatic carbocycles. The predicted molar refractivity (Wildman–Crippen MR) is 144 cm³/mol. The van der Waals surface area contributed by atoms with Crippen LogP contribution in [-0.4, -0.2) is 59.2 Å². The van der Waals surface area contributed by atoms with Crippen molar-refractivity contribution in [1.82, 2.24) is 10.6 Å². The summed E-state index contributed by atoms with van der Waals surface area (Å²) >= 11 is 0. The monoisotopic (exact) mass is 535 g/mol. The number of nitrogens with two attached hydrogens (primary N) is 1. The van der Waals surface area contributed by atoms with Crippen molar-refractivity contribution in [3.63, 3.8) is 0 Å². The van der Waals surface area contributed by atoms with Crippen molar-refractivity contribution in [3.8, 4) is 5.75 Å². The highest BCUT2D eigenvalue weighted by molar-refractivity contribution is 5.93. The van der Waals surface area contributed by atoms with E-state index in [0.29, 0.717) is 5.75 Å². The van der Waals surface area contributed by atoms with Gasteiger partial charge < -0.3 is 30.6 Å². The van der Waals surface area contributed by atoms with Crippen LogP contribution in [0.25, 0.3) is 0 Å². The van der Waals surface area contributed by atoms with Crippen molar-refractivity contribution in [1.29, 1.82) is 0 Å². The molecule has 38 heavy (non-hydrogen) atoms. The van der Waals surface area contributed by atoms with Crippen LogP contribution >= 0.6 is 0 Å². The zero-order valence-corrected chi connectivity index (χ0v) is 24.2. The summed E-state index contributed by atoms with van der Waals surface area (Å²) in [6.07, 6.45) is -0.331. The highest BCUT2D eigenvalue weighted by atomic mass is 16.6. The fourth-order valence-corrected chi connectivity index (χ4v) is 3.28. The van der Waals surface area contributed by atoms with Gasteiger partial charge in [0.1, 0.15) is 34.6 Å². The van der Waals surface area contributed by atoms with Crippen molar-refractivity contribution >= 4 is 23.8 Å². The lowest BCUT2D eigenvalue weighted by atomic mass is 10.0. The molecule has 0 fully saturated rings. The largest absolute Gasteiger partial charge is 0.488 e. The molecule has 10 nitrogen and oxygen atoms in total. The average Bonchev–Trinajstić information content (AvgIpc) is 2.70. The Morgan fingerprint density at radius 1 is 0.789 bits per heavy atom. The number of rotatable bonds is 11. The molecule has 10 heteroatoms. The molecule has 0 aromatic heterocycles. The molecule has 2 atom stereocenters. The summed E-state index contributed by atoms with van der Waals surface area (Å²) in [5.74, 6) is -1.87. The van der Waals surface area contributed by atoms with E-state index in [4.69, 9.17) is 19.9 Å². The zero-order valence-electron chi connectivity index (χ0n) is 24.2. The highest BCUT2D eigenvalue weighted by Crippen LogP contribution is 2.20. The lowest BCUT2D eigenvalue weighted by Gasteiger charge is -2.27. The fourth-order valence-electron chi connectivity index (χ4n) is 3.28. The molecule has 1 aromatic rings. The number of benzene rings is 1. The van der Waals surface area contributed by atoms with Gasteiger partial charge >= 0.3 is 11.9 Å². The molecule has 214 valence electrons. The van der Waals surface area contributed by atoms with Gasteiger partial charge in [0.15, 0.2) is 0 Å². The number of esters is 2. The first-order valence-corrected chi connectivity index (χ1v) is 12.8. The van der Waals surface area contributed by atoms with E-state index < -0.39 is 53.5 Å². The van der Waals surface area contributed by atoms with Gasteiger partial charge in [0.2, 0.25) is 11.8 Å². The van der Waals surface area contributed by atoms with Crippen molar-refractivity contribution in [2.75, 3.05) is 6.54 Å². The molecule has 1 rings (SSSR count). The van der Waals surface area contributed by atoms with E-state index in [9.17, 15) is 19.2 Å². The maximum absolute atomic E-state index is 13.3. The van der Waals surface area contributed by atoms with Gasteiger partial charge in [0, 0.05) is 19.4 Å². The second kappa shape index (κ2) is 13.6. The van der Waals surface area contributed by atoms with Crippen LogP contribution in [0.2, 0.25) is 0 Å². The summed E-state index contributed by atoms with van der Waals surface area (Å²) in [6.45, 7) is 16.2. The Kier molecular flexibility index (Phi) is 11.8. The van der Waals surface area contributed by atoms with Gasteiger partial charge in [0.05, 0.1) is 6.42 Å². The Labute approximate surface area is 226 Å². The van der Waals surface area contributed by atoms with E-state index in [0.717, 1.165) is 5.56 Å². The minimum absolute atomic E-state index is 0.0312. The number of ether oxygens (including phenoxy) is 3. The van der Waals surface area contributed by atoms with Gasteiger partial charge in [-0.15, -0.1) is 0 Å². The zero-order chi connectivity index (χ0) is 29.3. The van der Waals surface area contributed by atoms with E-state index in [1.807, 2.05) is 20.8 Å². The topological polar surface area (TPSA) is 146 Å². The van der Waals surface area contributed by atoms with Crippen molar-refractivity contribution in [3.05, 3.63) is 29.8 Å². The van der Waals surface area contributed by atoms with Crippen molar-refractivity contribution in [2.45, 2.75) is 110 Å². The van der Waals surface area contributed by atoms with Crippen LogP contribution in [0.4, 0.5) is 0 Å². The van der Waals surface area contributed by atoms with Crippen LogP contribution in [0.5, 0.6) is 5.75 Å². The number of carbonyl (C=O) groups excluding carboxylic acids is 4. The molecule has 0 unspecified atom stereocenters. The standard InChI is InChI=1S/C28H45N3O7/c1-26(2,3)36-19-12-10-18(11-13-19)16-21(25(35)38-28(7,8)9)31-24(34)20(30-22(32)14-15-29)17-23(33)37-27(4,5)6/h10-13,20-21H,14-17,29H2,1-9H3,(H,30,32)(H,31,34)/t20-,21-/m0/s1. The van der Waals surface area contributed by atoms with Gasteiger partial charge in [-0.2, -0.15) is 0 Å². The fraction of sp³-hybridized carbons (Fsp3) is 0.643. The minimum Gasteiger partial charge on any atom is -0.488 e. The molecule has 0 saturated carbocycles. The molecule has 2 amide bonds. The number of hydrogen-bond donors (Lipinski definition) is 3. The normalized spacial score (nSPS) is 13.6. The van der Waals surface area contributed by atoms with Gasteiger partial charge in [0.25, 0.3) is 0 Å². The molecule has 0 heterocycles. The van der Waals surface area contributed by atoms with Crippen LogP contribution in [0.3, 0.4) is 0 Å². The molecule has 0 aliphatic heterocycles. The smallest absolute Gasteiger partial charge is 0.329 e. The third kappa shape index (κ3) is 14.0. The molecule has 0 radical (unpaired) electrons. The second-order valence-electron chi connectivity index (χ2n) is 12.1. The van der Waals surface area contributed by atoms with Crippen LogP contribution < -0.4 is 21.1 Å². The molecular formula is C28H45N3O7. The maximum Gasteiger partial charge on any atom is 0.329 e. The lowest BCUT2D eigenvalue weighted by Crippen LogP contribution is -2.54. The van der Waals surface area contributed by atoms with Gasteiger partial charge in [-0.25, -0.2) is 4.79 Å². The first kappa shape index (κ1) is 32.9. The molecule has 0 saturated heterocycles. The van der Waals surface area contributed by atoms with Crippen molar-refractivity contribution < 1.29 is 33.4 Å². The Balaban J connectivity index is 3.17. The number of carbonyl (C=O) groups is 4. The molecule has 0 aliphatic carbocycles. The lowest BCUT2D eigenvalue weighted by molar-refractivity contribution is -0.159. The average molecular weight is 536 g/mol. The van der Waals surface area contributed by atoms with E-state index in [1.165, 1.54) is 0 Å². The SMILES string of the molecule is CC(C)(C)OC(=O)C[C@H](NC(=O)CCN)C(=O)N[C@@H](Cc1ccc(OC(C)(C)C)cc1)C(=O)OC(C)(C)C. The summed E-state index contributed by atoms with van der Waals surface area (Å²) < 4.78 is 16.7. The van der Waals surface area contributed by atoms with E-state index in [2.05, 4.69) is 10.6 Å². The summed E-state index contributed by atoms with van der Waals surface area (Å²) in [4.78, 5) is 51.0. The third-order valence-electron chi connectivity index (χ3n) is 4.61. The molecule has 0 spiro atoms. The molecule has 0 bridgehead atoms. The quantitative estimate of drug-likeness (QED) is 0.367. The molecular weight excluding hydrogens is 490 g/mol. The first-order chi connectivity index (χ1) is 17.3. The third-order valence-corrected chi connectivity index (χ3v) is 4.61. The van der Waals surface area contributed by atoms with E-state index >= 15 is 0 Å². The summed E-state index contributed by atoms with van der Waals surface area (Å²) in [5.41, 5.74) is 4.26. The number of hydrogen-bond acceptors (Lipinski definition) is 8. The maximum atomic E-state index is 13.3. The first-order valence-electron chi connectivity index (χ1n) is 12.8. The van der Waals surface area contributed by atoms with Gasteiger partial charge in [-0.05, 0) is 80.0 Å². The van der Waals surface area contributed by atoms with E-state index in [1.54, 1.807) is 65.8 Å². The van der Waals surface area contributed by atoms with Crippen LogP contribution in [0, 0.1) is 0 Å². The summed E-state index contributed by atoms with van der Waals surface area (Å²) in [7, 11) is 0. The van der Waals surface area contributed by atoms with Crippen LogP contribution in [0.1, 0.15) is 80.7 Å². The highest BCUT2D eigenvalue weighted by Gasteiger charge is 2.32. The second-order valence-corrected chi connectivity index (χ2v) is 12.1. The Bertz CT molecular complexity index is 955. The summed E-state index contributed by atoms with van der Waals surface area (Å²) in [6, 6.07) is 4.82. The predicted octanol–water partition coefficient (Wildman–Crippen LogP) is 2.80. The van der Waals surface area contributed by atoms with Crippen LogP contribution in [-0.2, 0) is 35.1 Å². The van der Waals surface area contributed by atoms with Gasteiger partial charge in [-0.3, -0.25) is 14.4 Å². The number of nitrogens with one attached hydrogen (secondary N) is 2. The molecule has 0 aliphatic rings. The number of amides is 2. The molecule has 4 N–H and O–H groups in total. The Hall–Kier alpha value is -3.14. The van der Waals surface area contributed by atoms with Crippen LogP contribution in [0.15, 0.2) is 24.3 Å². The Morgan fingerprint density at radius 3 is 1.82 bits per heavy atom. The van der Waals surface area contributed by atoms with Gasteiger partial charge in [-0.1, -0.05) is 12.1 Å². The Morgan fingerprint density at radius 2 is 1.34 bits per heavy atom. The van der Waals surface area contributed by atoms with Crippen molar-refractivity contribution in [2.24, 2.45) is 5.73 Å².